The van der Waals surface area contributed by atoms with Gasteiger partial charge in [-0.25, -0.2) is 0 Å². The van der Waals surface area contributed by atoms with Gasteiger partial charge in [0.2, 0.25) is 5.75 Å². The molecule has 0 radical (unpaired) electrons. The Morgan fingerprint density at radius 2 is 1.80 bits per heavy atom. The van der Waals surface area contributed by atoms with E-state index in [0.29, 0.717) is 35.9 Å². The summed E-state index contributed by atoms with van der Waals surface area (Å²) in [5.41, 5.74) is 5.82. The number of carbonyl (C=O) groups is 1. The molecule has 0 aliphatic heterocycles. The molecule has 1 amide bonds. The van der Waals surface area contributed by atoms with Crippen LogP contribution in [0.15, 0.2) is 12.1 Å². The first-order valence-corrected chi connectivity index (χ1v) is 6.46. The van der Waals surface area contributed by atoms with Crippen LogP contribution in [0.25, 0.3) is 0 Å². The molecule has 112 valence electrons. The Balaban J connectivity index is 2.91. The van der Waals surface area contributed by atoms with E-state index in [1.165, 1.54) is 21.3 Å². The number of rotatable bonds is 8. The van der Waals surface area contributed by atoms with Crippen LogP contribution in [-0.4, -0.2) is 40.3 Å². The first-order valence-electron chi connectivity index (χ1n) is 6.46. The number of nitrogens with two attached hydrogens (primary N) is 1. The van der Waals surface area contributed by atoms with E-state index < -0.39 is 0 Å². The molecule has 1 aromatic carbocycles. The molecular weight excluding hydrogens is 260 g/mol. The number of ether oxygens (including phenoxy) is 3. The normalized spacial score (nSPS) is 10.0. The van der Waals surface area contributed by atoms with E-state index >= 15 is 0 Å². The lowest BCUT2D eigenvalue weighted by Gasteiger charge is -2.15. The van der Waals surface area contributed by atoms with E-state index in [9.17, 15) is 4.79 Å². The first-order chi connectivity index (χ1) is 9.69. The van der Waals surface area contributed by atoms with Crippen molar-refractivity contribution in [2.24, 2.45) is 5.73 Å². The fourth-order valence-electron chi connectivity index (χ4n) is 1.85. The smallest absolute Gasteiger partial charge is 0.255 e. The molecule has 0 aromatic heterocycles. The second-order valence-corrected chi connectivity index (χ2v) is 4.13. The minimum atomic E-state index is -0.208. The van der Waals surface area contributed by atoms with Gasteiger partial charge in [0, 0.05) is 6.54 Å². The molecule has 0 saturated carbocycles. The lowest BCUT2D eigenvalue weighted by molar-refractivity contribution is 0.0949. The third kappa shape index (κ3) is 3.77. The highest BCUT2D eigenvalue weighted by atomic mass is 16.5. The Labute approximate surface area is 119 Å². The van der Waals surface area contributed by atoms with Crippen LogP contribution in [0.4, 0.5) is 0 Å². The molecule has 6 nitrogen and oxygen atoms in total. The Kier molecular flexibility index (Phi) is 6.66. The summed E-state index contributed by atoms with van der Waals surface area (Å²) in [6.45, 7) is 1.20. The largest absolute Gasteiger partial charge is 0.493 e. The lowest BCUT2D eigenvalue weighted by atomic mass is 10.1. The van der Waals surface area contributed by atoms with Crippen molar-refractivity contribution in [3.05, 3.63) is 17.7 Å². The van der Waals surface area contributed by atoms with Crippen molar-refractivity contribution >= 4 is 5.91 Å². The molecule has 0 unspecified atom stereocenters. The summed E-state index contributed by atoms with van der Waals surface area (Å²) in [6, 6.07) is 3.33. The number of hydrogen-bond acceptors (Lipinski definition) is 5. The number of carbonyl (C=O) groups excluding carboxylic acids is 1. The maximum atomic E-state index is 12.1. The SMILES string of the molecule is COc1ccc(C(=O)NCCCCN)c(OC)c1OC. The van der Waals surface area contributed by atoms with E-state index in [-0.39, 0.29) is 5.91 Å². The molecule has 1 aromatic rings. The van der Waals surface area contributed by atoms with Gasteiger partial charge >= 0.3 is 0 Å². The minimum absolute atomic E-state index is 0.208. The van der Waals surface area contributed by atoms with Gasteiger partial charge in [0.1, 0.15) is 0 Å². The van der Waals surface area contributed by atoms with Gasteiger partial charge in [-0.2, -0.15) is 0 Å². The molecular formula is C14H22N2O4. The van der Waals surface area contributed by atoms with Crippen LogP contribution in [0, 0.1) is 0 Å². The fourth-order valence-corrected chi connectivity index (χ4v) is 1.85. The molecule has 0 bridgehead atoms. The zero-order valence-corrected chi connectivity index (χ0v) is 12.2. The quantitative estimate of drug-likeness (QED) is 0.700. The van der Waals surface area contributed by atoms with Crippen LogP contribution in [0.5, 0.6) is 17.2 Å². The third-order valence-corrected chi connectivity index (χ3v) is 2.87. The number of amides is 1. The fraction of sp³-hybridized carbons (Fsp3) is 0.500. The second kappa shape index (κ2) is 8.27. The molecule has 1 rings (SSSR count). The maximum absolute atomic E-state index is 12.1. The summed E-state index contributed by atoms with van der Waals surface area (Å²) in [5.74, 6) is 1.08. The molecule has 0 heterocycles. The number of nitrogens with one attached hydrogen (secondary N) is 1. The summed E-state index contributed by atoms with van der Waals surface area (Å²) in [6.07, 6.45) is 1.72. The highest BCUT2D eigenvalue weighted by molar-refractivity contribution is 5.98. The topological polar surface area (TPSA) is 82.8 Å². The van der Waals surface area contributed by atoms with Gasteiger partial charge in [-0.15, -0.1) is 0 Å². The van der Waals surface area contributed by atoms with Gasteiger partial charge in [0.05, 0.1) is 26.9 Å². The molecule has 0 spiro atoms. The predicted molar refractivity (Wildman–Crippen MR) is 76.7 cm³/mol. The summed E-state index contributed by atoms with van der Waals surface area (Å²) in [4.78, 5) is 12.1. The van der Waals surface area contributed by atoms with Crippen molar-refractivity contribution in [2.75, 3.05) is 34.4 Å². The minimum Gasteiger partial charge on any atom is -0.493 e. The first kappa shape index (κ1) is 16.1. The molecule has 0 aliphatic rings. The van der Waals surface area contributed by atoms with Gasteiger partial charge in [-0.1, -0.05) is 0 Å². The Bertz CT molecular complexity index is 449. The van der Waals surface area contributed by atoms with Crippen LogP contribution in [0.1, 0.15) is 23.2 Å². The standard InChI is InChI=1S/C14H22N2O4/c1-18-11-7-6-10(12(19-2)13(11)20-3)14(17)16-9-5-4-8-15/h6-7H,4-5,8-9,15H2,1-3H3,(H,16,17). The molecule has 0 saturated heterocycles. The highest BCUT2D eigenvalue weighted by Crippen LogP contribution is 2.39. The summed E-state index contributed by atoms with van der Waals surface area (Å²) < 4.78 is 15.7. The Hall–Kier alpha value is -1.95. The van der Waals surface area contributed by atoms with E-state index in [0.717, 1.165) is 12.8 Å². The van der Waals surface area contributed by atoms with Crippen LogP contribution < -0.4 is 25.3 Å². The average Bonchev–Trinajstić information content (AvgIpc) is 2.49. The van der Waals surface area contributed by atoms with Gasteiger partial charge in [0.25, 0.3) is 5.91 Å². The molecule has 6 heteroatoms. The van der Waals surface area contributed by atoms with E-state index in [1.807, 2.05) is 0 Å². The van der Waals surface area contributed by atoms with Crippen LogP contribution in [-0.2, 0) is 0 Å². The lowest BCUT2D eigenvalue weighted by Crippen LogP contribution is -2.25. The predicted octanol–water partition coefficient (Wildman–Crippen LogP) is 1.18. The molecule has 0 atom stereocenters. The van der Waals surface area contributed by atoms with E-state index in [1.54, 1.807) is 12.1 Å². The zero-order chi connectivity index (χ0) is 15.0. The van der Waals surface area contributed by atoms with Gasteiger partial charge in [0.15, 0.2) is 11.5 Å². The summed E-state index contributed by atoms with van der Waals surface area (Å²) >= 11 is 0. The Morgan fingerprint density at radius 3 is 2.35 bits per heavy atom. The average molecular weight is 282 g/mol. The molecule has 20 heavy (non-hydrogen) atoms. The van der Waals surface area contributed by atoms with Crippen molar-refractivity contribution in [2.45, 2.75) is 12.8 Å². The number of hydrogen-bond donors (Lipinski definition) is 2. The van der Waals surface area contributed by atoms with Crippen molar-refractivity contribution in [3.8, 4) is 17.2 Å². The molecule has 0 aliphatic carbocycles. The monoisotopic (exact) mass is 282 g/mol. The van der Waals surface area contributed by atoms with Gasteiger partial charge in [-0.3, -0.25) is 4.79 Å². The van der Waals surface area contributed by atoms with Crippen molar-refractivity contribution < 1.29 is 19.0 Å². The molecule has 3 N–H and O–H groups in total. The van der Waals surface area contributed by atoms with Crippen LogP contribution in [0.2, 0.25) is 0 Å². The number of benzene rings is 1. The van der Waals surface area contributed by atoms with E-state index in [2.05, 4.69) is 5.32 Å². The zero-order valence-electron chi connectivity index (χ0n) is 12.2. The van der Waals surface area contributed by atoms with Crippen molar-refractivity contribution in [3.63, 3.8) is 0 Å². The van der Waals surface area contributed by atoms with Crippen LogP contribution in [0.3, 0.4) is 0 Å². The summed E-state index contributed by atoms with van der Waals surface area (Å²) in [7, 11) is 4.52. The number of unbranched alkanes of at least 4 members (excludes halogenated alkanes) is 1. The third-order valence-electron chi connectivity index (χ3n) is 2.87. The molecule has 0 fully saturated rings. The van der Waals surface area contributed by atoms with Crippen molar-refractivity contribution in [1.29, 1.82) is 0 Å². The number of methoxy groups -OCH3 is 3. The van der Waals surface area contributed by atoms with E-state index in [4.69, 9.17) is 19.9 Å². The Morgan fingerprint density at radius 1 is 1.10 bits per heavy atom. The second-order valence-electron chi connectivity index (χ2n) is 4.13. The van der Waals surface area contributed by atoms with Gasteiger partial charge < -0.3 is 25.3 Å². The van der Waals surface area contributed by atoms with Crippen molar-refractivity contribution in [1.82, 2.24) is 5.32 Å². The maximum Gasteiger partial charge on any atom is 0.255 e. The summed E-state index contributed by atoms with van der Waals surface area (Å²) in [5, 5.41) is 2.83. The van der Waals surface area contributed by atoms with Crippen LogP contribution >= 0.6 is 0 Å². The van der Waals surface area contributed by atoms with Gasteiger partial charge in [-0.05, 0) is 31.5 Å². The highest BCUT2D eigenvalue weighted by Gasteiger charge is 2.20.